The first kappa shape index (κ1) is 17.4. The summed E-state index contributed by atoms with van der Waals surface area (Å²) in [4.78, 5) is 26.5. The molecule has 1 aliphatic rings. The van der Waals surface area contributed by atoms with Crippen LogP contribution in [0.4, 0.5) is 10.1 Å². The first-order valence-corrected chi connectivity index (χ1v) is 8.51. The number of carbonyl (C=O) groups is 2. The lowest BCUT2D eigenvalue weighted by Crippen LogP contribution is -2.38. The molecule has 0 bridgehead atoms. The van der Waals surface area contributed by atoms with Gasteiger partial charge in [0.1, 0.15) is 12.4 Å². The minimum atomic E-state index is -0.507. The van der Waals surface area contributed by atoms with Crippen LogP contribution in [0.5, 0.6) is 0 Å². The summed E-state index contributed by atoms with van der Waals surface area (Å²) in [5.74, 6) is -0.748. The molecule has 2 amide bonds. The van der Waals surface area contributed by atoms with E-state index in [0.29, 0.717) is 23.6 Å². The van der Waals surface area contributed by atoms with Crippen molar-refractivity contribution >= 4 is 29.1 Å². The molecule has 130 valence electrons. The zero-order valence-electron chi connectivity index (χ0n) is 13.8. The largest absolute Gasteiger partial charge is 0.324 e. The zero-order valence-corrected chi connectivity index (χ0v) is 14.5. The van der Waals surface area contributed by atoms with Crippen LogP contribution in [-0.2, 0) is 9.59 Å². The van der Waals surface area contributed by atoms with Gasteiger partial charge in [-0.25, -0.2) is 4.39 Å². The van der Waals surface area contributed by atoms with Crippen molar-refractivity contribution in [2.24, 2.45) is 0 Å². The molecular formula is C19H18ClFN2O2. The van der Waals surface area contributed by atoms with E-state index in [4.69, 9.17) is 11.6 Å². The number of benzene rings is 2. The minimum Gasteiger partial charge on any atom is -0.324 e. The van der Waals surface area contributed by atoms with Gasteiger partial charge < -0.3 is 10.2 Å². The molecule has 0 radical (unpaired) electrons. The monoisotopic (exact) mass is 360 g/mol. The minimum absolute atomic E-state index is 0.0623. The van der Waals surface area contributed by atoms with Crippen LogP contribution in [0.25, 0.3) is 0 Å². The van der Waals surface area contributed by atoms with Gasteiger partial charge >= 0.3 is 0 Å². The fourth-order valence-corrected chi connectivity index (χ4v) is 3.25. The quantitative estimate of drug-likeness (QED) is 0.893. The van der Waals surface area contributed by atoms with Crippen LogP contribution in [0, 0.1) is 5.82 Å². The van der Waals surface area contributed by atoms with E-state index >= 15 is 0 Å². The highest BCUT2D eigenvalue weighted by molar-refractivity contribution is 6.30. The van der Waals surface area contributed by atoms with Gasteiger partial charge in [0.2, 0.25) is 11.8 Å². The highest BCUT2D eigenvalue weighted by Crippen LogP contribution is 2.37. The number of nitrogens with one attached hydrogen (secondary N) is 1. The van der Waals surface area contributed by atoms with Gasteiger partial charge in [-0.15, -0.1) is 0 Å². The van der Waals surface area contributed by atoms with Crippen LogP contribution < -0.4 is 5.32 Å². The number of fused-ring (bicyclic) bond motifs is 1. The third-order valence-electron chi connectivity index (χ3n) is 4.18. The first-order valence-electron chi connectivity index (χ1n) is 8.14. The second-order valence-corrected chi connectivity index (χ2v) is 6.44. The molecule has 1 N–H and O–H groups in total. The lowest BCUT2D eigenvalue weighted by Gasteiger charge is -2.30. The van der Waals surface area contributed by atoms with Crippen LogP contribution in [-0.4, -0.2) is 23.3 Å². The summed E-state index contributed by atoms with van der Waals surface area (Å²) in [6, 6.07) is 10.6. The number of carbonyl (C=O) groups excluding carboxylic acids is 2. The Morgan fingerprint density at radius 1 is 1.28 bits per heavy atom. The summed E-state index contributed by atoms with van der Waals surface area (Å²) in [6.45, 7) is 1.85. The van der Waals surface area contributed by atoms with Crippen molar-refractivity contribution < 1.29 is 14.0 Å². The number of rotatable bonds is 3. The van der Waals surface area contributed by atoms with Gasteiger partial charge in [0.15, 0.2) is 0 Å². The van der Waals surface area contributed by atoms with Crippen molar-refractivity contribution in [3.05, 3.63) is 64.4 Å². The van der Waals surface area contributed by atoms with E-state index < -0.39 is 6.04 Å². The van der Waals surface area contributed by atoms with Crippen LogP contribution in [0.2, 0.25) is 5.02 Å². The smallest absolute Gasteiger partial charge is 0.244 e. The van der Waals surface area contributed by atoms with Crippen molar-refractivity contribution in [2.75, 3.05) is 11.9 Å². The summed E-state index contributed by atoms with van der Waals surface area (Å²) in [5.41, 5.74) is 2.05. The molecule has 0 spiro atoms. The maximum absolute atomic E-state index is 13.4. The van der Waals surface area contributed by atoms with Gasteiger partial charge in [-0.05, 0) is 42.3 Å². The third-order valence-corrected chi connectivity index (χ3v) is 4.41. The average molecular weight is 361 g/mol. The number of hydrogen-bond acceptors (Lipinski definition) is 2. The molecular weight excluding hydrogens is 343 g/mol. The Balaban J connectivity index is 2.17. The van der Waals surface area contributed by atoms with Crippen molar-refractivity contribution in [3.63, 3.8) is 0 Å². The summed E-state index contributed by atoms with van der Waals surface area (Å²) in [6.07, 6.45) is 1.01. The molecule has 1 aliphatic heterocycles. The molecule has 25 heavy (non-hydrogen) atoms. The standard InChI is InChI=1S/C19H18ClFN2O2/c1-2-3-18(25)23-11-17(24)22-16-9-6-13(20)10-15(16)19(23)12-4-7-14(21)8-5-12/h4-10,19H,2-3,11H2,1H3,(H,22,24)/t19-/m0/s1. The zero-order chi connectivity index (χ0) is 18.0. The van der Waals surface area contributed by atoms with Gasteiger partial charge in [-0.1, -0.05) is 30.7 Å². The van der Waals surface area contributed by atoms with E-state index in [1.54, 1.807) is 30.3 Å². The molecule has 0 aliphatic carbocycles. The van der Waals surface area contributed by atoms with Crippen LogP contribution in [0.3, 0.4) is 0 Å². The molecule has 4 nitrogen and oxygen atoms in total. The number of halogens is 2. The number of nitrogens with zero attached hydrogens (tertiary/aromatic N) is 1. The van der Waals surface area contributed by atoms with Crippen LogP contribution in [0.15, 0.2) is 42.5 Å². The van der Waals surface area contributed by atoms with Crippen LogP contribution >= 0.6 is 11.6 Å². The van der Waals surface area contributed by atoms with E-state index in [9.17, 15) is 14.0 Å². The van der Waals surface area contributed by atoms with E-state index in [-0.39, 0.29) is 24.2 Å². The molecule has 2 aromatic rings. The predicted molar refractivity (Wildman–Crippen MR) is 94.9 cm³/mol. The Labute approximate surface area is 150 Å². The predicted octanol–water partition coefficient (Wildman–Crippen LogP) is 4.15. The molecule has 2 aromatic carbocycles. The average Bonchev–Trinajstić information content (AvgIpc) is 2.72. The van der Waals surface area contributed by atoms with Crippen molar-refractivity contribution in [2.45, 2.75) is 25.8 Å². The van der Waals surface area contributed by atoms with E-state index in [1.165, 1.54) is 17.0 Å². The number of anilines is 1. The van der Waals surface area contributed by atoms with E-state index in [0.717, 1.165) is 11.1 Å². The molecule has 0 saturated carbocycles. The highest BCUT2D eigenvalue weighted by atomic mass is 35.5. The molecule has 0 aromatic heterocycles. The Morgan fingerprint density at radius 2 is 2.00 bits per heavy atom. The van der Waals surface area contributed by atoms with Gasteiger partial charge in [0, 0.05) is 22.7 Å². The summed E-state index contributed by atoms with van der Waals surface area (Å²) in [5, 5.41) is 3.33. The Morgan fingerprint density at radius 3 is 2.68 bits per heavy atom. The lowest BCUT2D eigenvalue weighted by molar-refractivity contribution is -0.136. The highest BCUT2D eigenvalue weighted by Gasteiger charge is 2.33. The summed E-state index contributed by atoms with van der Waals surface area (Å²) in [7, 11) is 0. The fourth-order valence-electron chi connectivity index (χ4n) is 3.07. The molecule has 3 rings (SSSR count). The van der Waals surface area contributed by atoms with Gasteiger partial charge in [-0.2, -0.15) is 0 Å². The van der Waals surface area contributed by atoms with Crippen molar-refractivity contribution in [3.8, 4) is 0 Å². The first-order chi connectivity index (χ1) is 12.0. The van der Waals surface area contributed by atoms with Crippen LogP contribution in [0.1, 0.15) is 36.9 Å². The van der Waals surface area contributed by atoms with Crippen molar-refractivity contribution in [1.82, 2.24) is 4.90 Å². The Bertz CT molecular complexity index is 808. The fraction of sp³-hybridized carbons (Fsp3) is 0.263. The van der Waals surface area contributed by atoms with Gasteiger partial charge in [0.05, 0.1) is 6.04 Å². The molecule has 0 fully saturated rings. The number of amides is 2. The van der Waals surface area contributed by atoms with E-state index in [1.807, 2.05) is 6.92 Å². The molecule has 0 saturated heterocycles. The molecule has 1 heterocycles. The van der Waals surface area contributed by atoms with Crippen molar-refractivity contribution in [1.29, 1.82) is 0 Å². The topological polar surface area (TPSA) is 49.4 Å². The molecule has 6 heteroatoms. The molecule has 0 unspecified atom stereocenters. The van der Waals surface area contributed by atoms with Gasteiger partial charge in [0.25, 0.3) is 0 Å². The Kier molecular flexibility index (Phi) is 5.04. The molecule has 1 atom stereocenters. The van der Waals surface area contributed by atoms with E-state index in [2.05, 4.69) is 5.32 Å². The number of hydrogen-bond donors (Lipinski definition) is 1. The maximum Gasteiger partial charge on any atom is 0.244 e. The summed E-state index contributed by atoms with van der Waals surface area (Å²) < 4.78 is 13.4. The lowest BCUT2D eigenvalue weighted by atomic mass is 9.95. The second kappa shape index (κ2) is 7.23. The second-order valence-electron chi connectivity index (χ2n) is 6.01. The maximum atomic E-state index is 13.4. The summed E-state index contributed by atoms with van der Waals surface area (Å²) >= 11 is 6.16. The SMILES string of the molecule is CCCC(=O)N1CC(=O)Nc2ccc(Cl)cc2[C@@H]1c1ccc(F)cc1. The van der Waals surface area contributed by atoms with Gasteiger partial charge in [-0.3, -0.25) is 9.59 Å². The third kappa shape index (κ3) is 3.66. The Hall–Kier alpha value is -2.40. The normalized spacial score (nSPS) is 16.8.